The average Bonchev–Trinajstić information content (AvgIpc) is 3.16. The van der Waals surface area contributed by atoms with Crippen LogP contribution in [0.15, 0.2) is 24.3 Å². The van der Waals surface area contributed by atoms with E-state index in [0.717, 1.165) is 31.6 Å². The molecule has 2 N–H and O–H groups in total. The molecule has 0 bridgehead atoms. The van der Waals surface area contributed by atoms with Crippen LogP contribution >= 0.6 is 12.4 Å². The number of anilines is 1. The first kappa shape index (κ1) is 17.3. The molecule has 3 aliphatic rings. The Morgan fingerprint density at radius 3 is 2.79 bits per heavy atom. The van der Waals surface area contributed by atoms with Gasteiger partial charge in [0.1, 0.15) is 18.5 Å². The number of nitrogens with zero attached hydrogens (tertiary/aromatic N) is 1. The number of benzene rings is 1. The Hall–Kier alpha value is -1.50. The first-order chi connectivity index (χ1) is 11.2. The quantitative estimate of drug-likeness (QED) is 0.866. The lowest BCUT2D eigenvalue weighted by Crippen LogP contribution is -2.42. The summed E-state index contributed by atoms with van der Waals surface area (Å²) in [6, 6.07) is 7.45. The SMILES string of the molecule is Cl.O=C1OCCN1c1cccc(O[C@@H]2C[C@@H]3CNC[C@@H]3C[C@H]2O)c1. The van der Waals surface area contributed by atoms with Gasteiger partial charge in [-0.05, 0) is 49.9 Å². The minimum atomic E-state index is -0.434. The number of amides is 1. The van der Waals surface area contributed by atoms with Gasteiger partial charge in [-0.1, -0.05) is 6.07 Å². The second kappa shape index (κ2) is 7.17. The molecule has 1 aliphatic carbocycles. The molecule has 132 valence electrons. The van der Waals surface area contributed by atoms with Gasteiger partial charge in [-0.3, -0.25) is 4.90 Å². The highest BCUT2D eigenvalue weighted by atomic mass is 35.5. The summed E-state index contributed by atoms with van der Waals surface area (Å²) in [4.78, 5) is 13.3. The van der Waals surface area contributed by atoms with Crippen molar-refractivity contribution >= 4 is 24.2 Å². The van der Waals surface area contributed by atoms with Gasteiger partial charge in [-0.2, -0.15) is 0 Å². The van der Waals surface area contributed by atoms with E-state index in [1.54, 1.807) is 4.90 Å². The highest BCUT2D eigenvalue weighted by molar-refractivity contribution is 5.89. The first-order valence-corrected chi connectivity index (χ1v) is 8.30. The van der Waals surface area contributed by atoms with Crippen LogP contribution in [0.5, 0.6) is 5.75 Å². The molecule has 3 fully saturated rings. The van der Waals surface area contributed by atoms with Gasteiger partial charge in [0.15, 0.2) is 0 Å². The lowest BCUT2D eigenvalue weighted by atomic mass is 9.78. The van der Waals surface area contributed by atoms with Gasteiger partial charge in [0, 0.05) is 6.07 Å². The molecule has 0 unspecified atom stereocenters. The summed E-state index contributed by atoms with van der Waals surface area (Å²) in [5.74, 6) is 1.84. The van der Waals surface area contributed by atoms with Gasteiger partial charge in [-0.15, -0.1) is 12.4 Å². The van der Waals surface area contributed by atoms with Crippen LogP contribution in [0.25, 0.3) is 0 Å². The monoisotopic (exact) mass is 354 g/mol. The molecule has 0 aromatic heterocycles. The number of aliphatic hydroxyl groups excluding tert-OH is 1. The predicted molar refractivity (Wildman–Crippen MR) is 91.9 cm³/mol. The third-order valence-corrected chi connectivity index (χ3v) is 5.17. The fraction of sp³-hybridized carbons (Fsp3) is 0.588. The Morgan fingerprint density at radius 1 is 1.25 bits per heavy atom. The van der Waals surface area contributed by atoms with Crippen molar-refractivity contribution in [3.8, 4) is 5.75 Å². The molecule has 2 aliphatic heterocycles. The largest absolute Gasteiger partial charge is 0.488 e. The molecule has 1 aromatic rings. The molecule has 6 nitrogen and oxygen atoms in total. The average molecular weight is 355 g/mol. The molecule has 0 radical (unpaired) electrons. The van der Waals surface area contributed by atoms with Crippen LogP contribution in [0, 0.1) is 11.8 Å². The van der Waals surface area contributed by atoms with Crippen LogP contribution in [0.4, 0.5) is 10.5 Å². The Labute approximate surface area is 147 Å². The van der Waals surface area contributed by atoms with E-state index >= 15 is 0 Å². The van der Waals surface area contributed by atoms with E-state index in [1.807, 2.05) is 24.3 Å². The molecule has 4 rings (SSSR count). The first-order valence-electron chi connectivity index (χ1n) is 8.30. The van der Waals surface area contributed by atoms with Crippen LogP contribution in [0.2, 0.25) is 0 Å². The maximum absolute atomic E-state index is 11.7. The maximum atomic E-state index is 11.7. The molecular formula is C17H23ClN2O4. The number of rotatable bonds is 3. The number of nitrogens with one attached hydrogen (secondary N) is 1. The Balaban J connectivity index is 0.00000169. The highest BCUT2D eigenvalue weighted by Gasteiger charge is 2.39. The van der Waals surface area contributed by atoms with Crippen molar-refractivity contribution in [3.05, 3.63) is 24.3 Å². The van der Waals surface area contributed by atoms with Crippen molar-refractivity contribution in [1.82, 2.24) is 5.32 Å². The number of halogens is 1. The van der Waals surface area contributed by atoms with E-state index in [9.17, 15) is 9.90 Å². The van der Waals surface area contributed by atoms with Crippen LogP contribution in [0.3, 0.4) is 0 Å². The number of carbonyl (C=O) groups is 1. The Bertz CT molecular complexity index is 600. The topological polar surface area (TPSA) is 71.0 Å². The molecular weight excluding hydrogens is 332 g/mol. The summed E-state index contributed by atoms with van der Waals surface area (Å²) in [7, 11) is 0. The third kappa shape index (κ3) is 3.31. The van der Waals surface area contributed by atoms with E-state index in [2.05, 4.69) is 5.32 Å². The number of cyclic esters (lactones) is 1. The van der Waals surface area contributed by atoms with Crippen molar-refractivity contribution in [2.45, 2.75) is 25.0 Å². The molecule has 4 atom stereocenters. The molecule has 2 saturated heterocycles. The van der Waals surface area contributed by atoms with Crippen molar-refractivity contribution in [2.75, 3.05) is 31.1 Å². The number of carbonyl (C=O) groups excluding carboxylic acids is 1. The second-order valence-electron chi connectivity index (χ2n) is 6.64. The van der Waals surface area contributed by atoms with E-state index in [1.165, 1.54) is 0 Å². The number of aliphatic hydroxyl groups is 1. The summed E-state index contributed by atoms with van der Waals surface area (Å²) in [5.41, 5.74) is 0.774. The highest BCUT2D eigenvalue weighted by Crippen LogP contribution is 2.35. The Morgan fingerprint density at radius 2 is 2.04 bits per heavy atom. The van der Waals surface area contributed by atoms with Gasteiger partial charge in [0.05, 0.1) is 18.3 Å². The van der Waals surface area contributed by atoms with Crippen LogP contribution < -0.4 is 15.0 Å². The minimum absolute atomic E-state index is 0. The number of fused-ring (bicyclic) bond motifs is 1. The van der Waals surface area contributed by atoms with E-state index in [0.29, 0.717) is 30.7 Å². The minimum Gasteiger partial charge on any atom is -0.488 e. The molecule has 7 heteroatoms. The zero-order valence-electron chi connectivity index (χ0n) is 13.4. The summed E-state index contributed by atoms with van der Waals surface area (Å²) < 4.78 is 11.0. The van der Waals surface area contributed by atoms with Gasteiger partial charge in [0.2, 0.25) is 0 Å². The number of ether oxygens (including phenoxy) is 2. The maximum Gasteiger partial charge on any atom is 0.414 e. The van der Waals surface area contributed by atoms with Crippen LogP contribution in [-0.4, -0.2) is 49.6 Å². The fourth-order valence-corrected chi connectivity index (χ4v) is 3.91. The van der Waals surface area contributed by atoms with Gasteiger partial charge >= 0.3 is 6.09 Å². The fourth-order valence-electron chi connectivity index (χ4n) is 3.91. The Kier molecular flexibility index (Phi) is 5.18. The lowest BCUT2D eigenvalue weighted by molar-refractivity contribution is -0.0231. The summed E-state index contributed by atoms with van der Waals surface area (Å²) >= 11 is 0. The number of hydrogen-bond donors (Lipinski definition) is 2. The van der Waals surface area contributed by atoms with E-state index in [4.69, 9.17) is 9.47 Å². The molecule has 0 spiro atoms. The zero-order valence-corrected chi connectivity index (χ0v) is 14.2. The lowest BCUT2D eigenvalue weighted by Gasteiger charge is -2.35. The summed E-state index contributed by atoms with van der Waals surface area (Å²) in [6.45, 7) is 2.99. The normalized spacial score (nSPS) is 32.0. The summed E-state index contributed by atoms with van der Waals surface area (Å²) in [6.07, 6.45) is 0.725. The van der Waals surface area contributed by atoms with Crippen LogP contribution in [-0.2, 0) is 4.74 Å². The molecule has 1 aromatic carbocycles. The van der Waals surface area contributed by atoms with E-state index in [-0.39, 0.29) is 24.6 Å². The van der Waals surface area contributed by atoms with Crippen LogP contribution in [0.1, 0.15) is 12.8 Å². The predicted octanol–water partition coefficient (Wildman–Crippen LogP) is 1.80. The zero-order chi connectivity index (χ0) is 15.8. The van der Waals surface area contributed by atoms with Gasteiger partial charge in [-0.25, -0.2) is 4.79 Å². The van der Waals surface area contributed by atoms with Crippen molar-refractivity contribution in [3.63, 3.8) is 0 Å². The molecule has 2 heterocycles. The van der Waals surface area contributed by atoms with Crippen molar-refractivity contribution in [1.29, 1.82) is 0 Å². The number of hydrogen-bond acceptors (Lipinski definition) is 5. The molecule has 1 amide bonds. The van der Waals surface area contributed by atoms with Gasteiger partial charge < -0.3 is 19.9 Å². The standard InChI is InChI=1S/C17H22N2O4.ClH/c20-15-6-11-9-18-10-12(11)7-16(15)23-14-3-1-2-13(8-14)19-4-5-22-17(19)21;/h1-3,8,11-12,15-16,18,20H,4-7,9-10H2;1H/t11-,12+,15+,16+;/m0./s1. The van der Waals surface area contributed by atoms with Gasteiger partial charge in [0.25, 0.3) is 0 Å². The van der Waals surface area contributed by atoms with Crippen molar-refractivity contribution in [2.24, 2.45) is 11.8 Å². The van der Waals surface area contributed by atoms with E-state index < -0.39 is 6.10 Å². The van der Waals surface area contributed by atoms with Crippen molar-refractivity contribution < 1.29 is 19.4 Å². The summed E-state index contributed by atoms with van der Waals surface area (Å²) in [5, 5.41) is 13.8. The molecule has 1 saturated carbocycles. The smallest absolute Gasteiger partial charge is 0.414 e. The second-order valence-corrected chi connectivity index (χ2v) is 6.64. The third-order valence-electron chi connectivity index (χ3n) is 5.17. The molecule has 24 heavy (non-hydrogen) atoms.